The predicted octanol–water partition coefficient (Wildman–Crippen LogP) is 4.37. The van der Waals surface area contributed by atoms with Crippen LogP contribution in [-0.4, -0.2) is 18.5 Å². The van der Waals surface area contributed by atoms with E-state index < -0.39 is 0 Å². The Morgan fingerprint density at radius 1 is 1.00 bits per heavy atom. The summed E-state index contributed by atoms with van der Waals surface area (Å²) in [5.41, 5.74) is 0. The molecular formula is C15H30O2. The smallest absolute Gasteiger partial charge is 0.161 e. The van der Waals surface area contributed by atoms with Crippen LogP contribution in [0.2, 0.25) is 0 Å². The van der Waals surface area contributed by atoms with Crippen molar-refractivity contribution in [3.8, 4) is 0 Å². The van der Waals surface area contributed by atoms with Crippen molar-refractivity contribution in [1.82, 2.24) is 0 Å². The number of rotatable bonds is 11. The van der Waals surface area contributed by atoms with Crippen molar-refractivity contribution in [2.75, 3.05) is 6.61 Å². The Balaban J connectivity index is 3.67. The van der Waals surface area contributed by atoms with Crippen molar-refractivity contribution < 1.29 is 9.53 Å². The van der Waals surface area contributed by atoms with E-state index in [0.29, 0.717) is 18.9 Å². The van der Waals surface area contributed by atoms with Gasteiger partial charge in [-0.1, -0.05) is 52.9 Å². The molecule has 0 bridgehead atoms. The maximum atomic E-state index is 11.9. The third-order valence-electron chi connectivity index (χ3n) is 3.05. The van der Waals surface area contributed by atoms with Gasteiger partial charge in [0.25, 0.3) is 0 Å². The summed E-state index contributed by atoms with van der Waals surface area (Å²) in [7, 11) is 0. The molecule has 2 heteroatoms. The number of carbonyl (C=O) groups excluding carboxylic acids is 1. The lowest BCUT2D eigenvalue weighted by molar-refractivity contribution is -0.133. The highest BCUT2D eigenvalue weighted by atomic mass is 16.5. The van der Waals surface area contributed by atoms with E-state index in [1.54, 1.807) is 0 Å². The van der Waals surface area contributed by atoms with Crippen molar-refractivity contribution in [1.29, 1.82) is 0 Å². The highest BCUT2D eigenvalue weighted by molar-refractivity contribution is 5.83. The van der Waals surface area contributed by atoms with Crippen LogP contribution in [0.5, 0.6) is 0 Å². The van der Waals surface area contributed by atoms with Gasteiger partial charge in [-0.05, 0) is 19.3 Å². The molecule has 0 N–H and O–H groups in total. The minimum absolute atomic E-state index is 0.185. The van der Waals surface area contributed by atoms with Crippen molar-refractivity contribution in [3.05, 3.63) is 0 Å². The second-order valence-electron chi connectivity index (χ2n) is 5.10. The summed E-state index contributed by atoms with van der Waals surface area (Å²) in [6.45, 7) is 8.91. The molecular weight excluding hydrogens is 212 g/mol. The highest BCUT2D eigenvalue weighted by Crippen LogP contribution is 2.13. The van der Waals surface area contributed by atoms with Gasteiger partial charge in [-0.3, -0.25) is 4.79 Å². The fraction of sp³-hybridized carbons (Fsp3) is 0.933. The van der Waals surface area contributed by atoms with Gasteiger partial charge in [0.2, 0.25) is 0 Å². The summed E-state index contributed by atoms with van der Waals surface area (Å²) < 4.78 is 5.51. The third kappa shape index (κ3) is 8.37. The maximum absolute atomic E-state index is 11.9. The molecule has 0 amide bonds. The summed E-state index contributed by atoms with van der Waals surface area (Å²) in [5, 5.41) is 0. The molecule has 1 atom stereocenters. The number of carbonyl (C=O) groups is 1. The standard InChI is InChI=1S/C15H30O2/c1-5-7-8-9-10-11-12-14(16)15(13(3)4)17-6-2/h13,15H,5-12H2,1-4H3. The first-order valence-corrected chi connectivity index (χ1v) is 7.27. The first-order chi connectivity index (χ1) is 8.13. The molecule has 0 aromatic carbocycles. The Morgan fingerprint density at radius 2 is 1.59 bits per heavy atom. The molecule has 0 aliphatic carbocycles. The van der Waals surface area contributed by atoms with Gasteiger partial charge in [-0.25, -0.2) is 0 Å². The number of unbranched alkanes of at least 4 members (excludes halogenated alkanes) is 5. The molecule has 0 aliphatic rings. The zero-order chi connectivity index (χ0) is 13.1. The largest absolute Gasteiger partial charge is 0.370 e. The molecule has 0 saturated carbocycles. The first kappa shape index (κ1) is 16.6. The number of ketones is 1. The van der Waals surface area contributed by atoms with Gasteiger partial charge in [0, 0.05) is 13.0 Å². The topological polar surface area (TPSA) is 26.3 Å². The predicted molar refractivity (Wildman–Crippen MR) is 73.3 cm³/mol. The molecule has 0 aromatic rings. The van der Waals surface area contributed by atoms with Gasteiger partial charge >= 0.3 is 0 Å². The molecule has 0 rings (SSSR count). The minimum atomic E-state index is -0.185. The zero-order valence-electron chi connectivity index (χ0n) is 12.1. The number of hydrogen-bond acceptors (Lipinski definition) is 2. The second kappa shape index (κ2) is 10.8. The molecule has 1 unspecified atom stereocenters. The molecule has 17 heavy (non-hydrogen) atoms. The van der Waals surface area contributed by atoms with Crippen molar-refractivity contribution >= 4 is 5.78 Å². The Bertz CT molecular complexity index is 187. The van der Waals surface area contributed by atoms with E-state index in [1.807, 2.05) is 6.92 Å². The van der Waals surface area contributed by atoms with E-state index in [1.165, 1.54) is 32.1 Å². The van der Waals surface area contributed by atoms with Gasteiger partial charge in [0.05, 0.1) is 0 Å². The molecule has 0 fully saturated rings. The molecule has 0 aliphatic heterocycles. The summed E-state index contributed by atoms with van der Waals surface area (Å²) in [6.07, 6.45) is 7.89. The van der Waals surface area contributed by atoms with Gasteiger partial charge < -0.3 is 4.74 Å². The van der Waals surface area contributed by atoms with Crippen LogP contribution in [0.25, 0.3) is 0 Å². The fourth-order valence-electron chi connectivity index (χ4n) is 2.06. The number of hydrogen-bond donors (Lipinski definition) is 0. The normalized spacial score (nSPS) is 13.0. The Hall–Kier alpha value is -0.370. The minimum Gasteiger partial charge on any atom is -0.370 e. The SMILES string of the molecule is CCCCCCCCC(=O)C(OCC)C(C)C. The zero-order valence-corrected chi connectivity index (χ0v) is 12.1. The molecule has 0 saturated heterocycles. The van der Waals surface area contributed by atoms with Gasteiger partial charge in [0.1, 0.15) is 6.10 Å². The molecule has 0 spiro atoms. The summed E-state index contributed by atoms with van der Waals surface area (Å²) >= 11 is 0. The van der Waals surface area contributed by atoms with Gasteiger partial charge in [0.15, 0.2) is 5.78 Å². The fourth-order valence-corrected chi connectivity index (χ4v) is 2.06. The van der Waals surface area contributed by atoms with Crippen molar-refractivity contribution in [3.63, 3.8) is 0 Å². The average Bonchev–Trinajstić information content (AvgIpc) is 2.29. The van der Waals surface area contributed by atoms with E-state index >= 15 is 0 Å². The van der Waals surface area contributed by atoms with Crippen molar-refractivity contribution in [2.45, 2.75) is 78.7 Å². The molecule has 0 aromatic heterocycles. The average molecular weight is 242 g/mol. The third-order valence-corrected chi connectivity index (χ3v) is 3.05. The van der Waals surface area contributed by atoms with E-state index in [2.05, 4.69) is 20.8 Å². The monoisotopic (exact) mass is 242 g/mol. The van der Waals surface area contributed by atoms with Crippen LogP contribution in [0, 0.1) is 5.92 Å². The molecule has 0 radical (unpaired) electrons. The van der Waals surface area contributed by atoms with E-state index in [0.717, 1.165) is 6.42 Å². The second-order valence-corrected chi connectivity index (χ2v) is 5.10. The lowest BCUT2D eigenvalue weighted by Crippen LogP contribution is -2.29. The summed E-state index contributed by atoms with van der Waals surface area (Å²) in [5.74, 6) is 0.583. The Labute approximate surface area is 107 Å². The molecule has 2 nitrogen and oxygen atoms in total. The molecule has 0 heterocycles. The maximum Gasteiger partial charge on any atom is 0.161 e. The summed E-state index contributed by atoms with van der Waals surface area (Å²) in [6, 6.07) is 0. The summed E-state index contributed by atoms with van der Waals surface area (Å²) in [4.78, 5) is 11.9. The van der Waals surface area contributed by atoms with Gasteiger partial charge in [-0.15, -0.1) is 0 Å². The lowest BCUT2D eigenvalue weighted by Gasteiger charge is -2.19. The van der Waals surface area contributed by atoms with E-state index in [9.17, 15) is 4.79 Å². The number of ether oxygens (including phenoxy) is 1. The molecule has 102 valence electrons. The quantitative estimate of drug-likeness (QED) is 0.503. The number of Topliss-reactive ketones (excluding diaryl/α,β-unsaturated/α-hetero) is 1. The van der Waals surface area contributed by atoms with Crippen LogP contribution in [0.15, 0.2) is 0 Å². The van der Waals surface area contributed by atoms with Gasteiger partial charge in [-0.2, -0.15) is 0 Å². The van der Waals surface area contributed by atoms with Crippen LogP contribution in [-0.2, 0) is 9.53 Å². The van der Waals surface area contributed by atoms with Crippen LogP contribution < -0.4 is 0 Å². The van der Waals surface area contributed by atoms with Crippen LogP contribution in [0.3, 0.4) is 0 Å². The Kier molecular flexibility index (Phi) is 10.5. The van der Waals surface area contributed by atoms with E-state index in [4.69, 9.17) is 4.74 Å². The highest BCUT2D eigenvalue weighted by Gasteiger charge is 2.21. The van der Waals surface area contributed by atoms with Crippen molar-refractivity contribution in [2.24, 2.45) is 5.92 Å². The lowest BCUT2D eigenvalue weighted by atomic mass is 9.98. The first-order valence-electron chi connectivity index (χ1n) is 7.27. The van der Waals surface area contributed by atoms with Crippen LogP contribution >= 0.6 is 0 Å². The van der Waals surface area contributed by atoms with Crippen LogP contribution in [0.4, 0.5) is 0 Å². The van der Waals surface area contributed by atoms with Crippen LogP contribution in [0.1, 0.15) is 72.6 Å². The van der Waals surface area contributed by atoms with E-state index in [-0.39, 0.29) is 11.9 Å². The Morgan fingerprint density at radius 3 is 2.12 bits per heavy atom.